The fourth-order valence-electron chi connectivity index (χ4n) is 2.51. The summed E-state index contributed by atoms with van der Waals surface area (Å²) in [7, 11) is 0. The summed E-state index contributed by atoms with van der Waals surface area (Å²) in [5.74, 6) is 0.975. The standard InChI is InChI=1S/C23H21NO4/c1-17(25)19-7-11-21(12-8-19)28-16-23(26)24-20-9-13-22(14-10-20)27-15-18-5-3-2-4-6-18/h2-14H,15-16H2,1H3,(H,24,26). The third-order valence-electron chi connectivity index (χ3n) is 4.02. The number of anilines is 1. The van der Waals surface area contributed by atoms with Crippen molar-refractivity contribution < 1.29 is 19.1 Å². The Morgan fingerprint density at radius 3 is 2.04 bits per heavy atom. The van der Waals surface area contributed by atoms with E-state index in [1.54, 1.807) is 48.5 Å². The van der Waals surface area contributed by atoms with E-state index in [0.717, 1.165) is 11.3 Å². The van der Waals surface area contributed by atoms with Crippen molar-refractivity contribution in [2.24, 2.45) is 0 Å². The van der Waals surface area contributed by atoms with Crippen LogP contribution in [-0.2, 0) is 11.4 Å². The summed E-state index contributed by atoms with van der Waals surface area (Å²) in [6, 6.07) is 23.8. The molecule has 0 aliphatic heterocycles. The van der Waals surface area contributed by atoms with Crippen LogP contribution >= 0.6 is 0 Å². The van der Waals surface area contributed by atoms with Gasteiger partial charge in [0.05, 0.1) is 0 Å². The Kier molecular flexibility index (Phi) is 6.41. The molecule has 0 radical (unpaired) electrons. The van der Waals surface area contributed by atoms with E-state index in [4.69, 9.17) is 9.47 Å². The molecule has 1 N–H and O–H groups in total. The number of nitrogens with one attached hydrogen (secondary N) is 1. The van der Waals surface area contributed by atoms with E-state index in [9.17, 15) is 9.59 Å². The number of carbonyl (C=O) groups excluding carboxylic acids is 2. The molecule has 0 fully saturated rings. The van der Waals surface area contributed by atoms with Gasteiger partial charge in [0.15, 0.2) is 12.4 Å². The molecule has 5 nitrogen and oxygen atoms in total. The maximum atomic E-state index is 12.0. The van der Waals surface area contributed by atoms with Gasteiger partial charge in [-0.1, -0.05) is 30.3 Å². The Labute approximate surface area is 163 Å². The molecular formula is C23H21NO4. The molecule has 0 saturated heterocycles. The monoisotopic (exact) mass is 375 g/mol. The van der Waals surface area contributed by atoms with Gasteiger partial charge in [-0.2, -0.15) is 0 Å². The second-order valence-electron chi connectivity index (χ2n) is 6.22. The zero-order valence-corrected chi connectivity index (χ0v) is 15.6. The lowest BCUT2D eigenvalue weighted by molar-refractivity contribution is -0.118. The van der Waals surface area contributed by atoms with Crippen molar-refractivity contribution in [3.8, 4) is 11.5 Å². The second kappa shape index (κ2) is 9.37. The lowest BCUT2D eigenvalue weighted by Gasteiger charge is -2.09. The number of ketones is 1. The van der Waals surface area contributed by atoms with Gasteiger partial charge in [-0.25, -0.2) is 0 Å². The predicted octanol–water partition coefficient (Wildman–Crippen LogP) is 4.49. The first-order chi connectivity index (χ1) is 13.6. The maximum absolute atomic E-state index is 12.0. The van der Waals surface area contributed by atoms with Crippen molar-refractivity contribution in [1.29, 1.82) is 0 Å². The molecule has 1 amide bonds. The van der Waals surface area contributed by atoms with Crippen molar-refractivity contribution in [3.05, 3.63) is 90.0 Å². The molecule has 0 heterocycles. The van der Waals surface area contributed by atoms with Gasteiger partial charge >= 0.3 is 0 Å². The summed E-state index contributed by atoms with van der Waals surface area (Å²) in [5.41, 5.74) is 2.35. The van der Waals surface area contributed by atoms with Gasteiger partial charge < -0.3 is 14.8 Å². The zero-order valence-electron chi connectivity index (χ0n) is 15.6. The Balaban J connectivity index is 1.45. The molecule has 3 aromatic carbocycles. The number of hydrogen-bond donors (Lipinski definition) is 1. The first kappa shape index (κ1) is 19.2. The summed E-state index contributed by atoms with van der Waals surface area (Å²) < 4.78 is 11.2. The fourth-order valence-corrected chi connectivity index (χ4v) is 2.51. The molecule has 28 heavy (non-hydrogen) atoms. The molecule has 142 valence electrons. The van der Waals surface area contributed by atoms with E-state index in [1.807, 2.05) is 30.3 Å². The average molecular weight is 375 g/mol. The molecule has 0 aliphatic rings. The maximum Gasteiger partial charge on any atom is 0.262 e. The molecule has 0 atom stereocenters. The summed E-state index contributed by atoms with van der Waals surface area (Å²) in [5, 5.41) is 2.77. The smallest absolute Gasteiger partial charge is 0.262 e. The third kappa shape index (κ3) is 5.71. The van der Waals surface area contributed by atoms with Crippen molar-refractivity contribution in [2.75, 3.05) is 11.9 Å². The van der Waals surface area contributed by atoms with Crippen LogP contribution in [0.2, 0.25) is 0 Å². The number of hydrogen-bond acceptors (Lipinski definition) is 4. The molecule has 0 saturated carbocycles. The Morgan fingerprint density at radius 2 is 1.39 bits per heavy atom. The SMILES string of the molecule is CC(=O)c1ccc(OCC(=O)Nc2ccc(OCc3ccccc3)cc2)cc1. The van der Waals surface area contributed by atoms with Crippen molar-refractivity contribution in [1.82, 2.24) is 0 Å². The van der Waals surface area contributed by atoms with E-state index in [1.165, 1.54) is 6.92 Å². The third-order valence-corrected chi connectivity index (χ3v) is 4.02. The number of amides is 1. The molecule has 0 spiro atoms. The van der Waals surface area contributed by atoms with E-state index in [-0.39, 0.29) is 18.3 Å². The molecule has 0 unspecified atom stereocenters. The van der Waals surface area contributed by atoms with Gasteiger partial charge in [-0.05, 0) is 61.0 Å². The van der Waals surface area contributed by atoms with Gasteiger partial charge in [0.2, 0.25) is 0 Å². The van der Waals surface area contributed by atoms with E-state index in [2.05, 4.69) is 5.32 Å². The second-order valence-corrected chi connectivity index (χ2v) is 6.22. The van der Waals surface area contributed by atoms with Crippen LogP contribution in [0, 0.1) is 0 Å². The molecule has 0 aliphatic carbocycles. The summed E-state index contributed by atoms with van der Waals surface area (Å²) in [6.45, 7) is 1.87. The van der Waals surface area contributed by atoms with Gasteiger partial charge in [0.25, 0.3) is 5.91 Å². The van der Waals surface area contributed by atoms with Crippen LogP contribution in [0.25, 0.3) is 0 Å². The molecular weight excluding hydrogens is 354 g/mol. The Bertz CT molecular complexity index is 919. The topological polar surface area (TPSA) is 64.6 Å². The number of Topliss-reactive ketones (excluding diaryl/α,β-unsaturated/α-hetero) is 1. The van der Waals surface area contributed by atoms with Gasteiger partial charge in [-0.15, -0.1) is 0 Å². The highest BCUT2D eigenvalue weighted by Crippen LogP contribution is 2.17. The molecule has 3 rings (SSSR count). The zero-order chi connectivity index (χ0) is 19.8. The molecule has 0 bridgehead atoms. The van der Waals surface area contributed by atoms with Crippen LogP contribution in [0.15, 0.2) is 78.9 Å². The molecule has 0 aromatic heterocycles. The van der Waals surface area contributed by atoms with E-state index in [0.29, 0.717) is 23.6 Å². The highest BCUT2D eigenvalue weighted by Gasteiger charge is 2.05. The number of benzene rings is 3. The average Bonchev–Trinajstić information content (AvgIpc) is 2.73. The van der Waals surface area contributed by atoms with Crippen LogP contribution in [0.1, 0.15) is 22.8 Å². The quantitative estimate of drug-likeness (QED) is 0.590. The highest BCUT2D eigenvalue weighted by atomic mass is 16.5. The van der Waals surface area contributed by atoms with Gasteiger partial charge in [0.1, 0.15) is 18.1 Å². The van der Waals surface area contributed by atoms with Crippen LogP contribution in [0.4, 0.5) is 5.69 Å². The lowest BCUT2D eigenvalue weighted by Crippen LogP contribution is -2.20. The van der Waals surface area contributed by atoms with Gasteiger partial charge in [0, 0.05) is 11.3 Å². The van der Waals surface area contributed by atoms with Crippen LogP contribution in [0.5, 0.6) is 11.5 Å². The largest absolute Gasteiger partial charge is 0.489 e. The molecule has 3 aromatic rings. The fraction of sp³-hybridized carbons (Fsp3) is 0.130. The minimum Gasteiger partial charge on any atom is -0.489 e. The Hall–Kier alpha value is -3.60. The highest BCUT2D eigenvalue weighted by molar-refractivity contribution is 5.94. The Morgan fingerprint density at radius 1 is 0.786 bits per heavy atom. The van der Waals surface area contributed by atoms with E-state index >= 15 is 0 Å². The van der Waals surface area contributed by atoms with Crippen LogP contribution in [-0.4, -0.2) is 18.3 Å². The van der Waals surface area contributed by atoms with Crippen molar-refractivity contribution in [3.63, 3.8) is 0 Å². The summed E-state index contributed by atoms with van der Waals surface area (Å²) >= 11 is 0. The van der Waals surface area contributed by atoms with Crippen molar-refractivity contribution in [2.45, 2.75) is 13.5 Å². The first-order valence-electron chi connectivity index (χ1n) is 8.90. The number of ether oxygens (including phenoxy) is 2. The first-order valence-corrected chi connectivity index (χ1v) is 8.90. The normalized spacial score (nSPS) is 10.2. The number of rotatable bonds is 8. The van der Waals surface area contributed by atoms with Gasteiger partial charge in [-0.3, -0.25) is 9.59 Å². The van der Waals surface area contributed by atoms with Crippen LogP contribution < -0.4 is 14.8 Å². The predicted molar refractivity (Wildman–Crippen MR) is 108 cm³/mol. The lowest BCUT2D eigenvalue weighted by atomic mass is 10.1. The van der Waals surface area contributed by atoms with Crippen LogP contribution in [0.3, 0.4) is 0 Å². The van der Waals surface area contributed by atoms with E-state index < -0.39 is 0 Å². The summed E-state index contributed by atoms with van der Waals surface area (Å²) in [4.78, 5) is 23.3. The van der Waals surface area contributed by atoms with Crippen molar-refractivity contribution >= 4 is 17.4 Å². The minimum atomic E-state index is -0.270. The summed E-state index contributed by atoms with van der Waals surface area (Å²) in [6.07, 6.45) is 0. The minimum absolute atomic E-state index is 0.0134. The molecule has 5 heteroatoms. The number of carbonyl (C=O) groups is 2.